The molecule has 0 bridgehead atoms. The van der Waals surface area contributed by atoms with Gasteiger partial charge in [0, 0.05) is 17.7 Å². The van der Waals surface area contributed by atoms with E-state index in [0.29, 0.717) is 5.13 Å². The fourth-order valence-corrected chi connectivity index (χ4v) is 3.63. The molecule has 138 valence electrons. The molecule has 1 aromatic heterocycles. The first-order valence-electron chi connectivity index (χ1n) is 8.28. The van der Waals surface area contributed by atoms with E-state index in [4.69, 9.17) is 0 Å². The molecule has 1 aromatic carbocycles. The summed E-state index contributed by atoms with van der Waals surface area (Å²) < 4.78 is 13.9. The summed E-state index contributed by atoms with van der Waals surface area (Å²) in [5.74, 6) is 0.300. The van der Waals surface area contributed by atoms with Gasteiger partial charge in [0.2, 0.25) is 5.91 Å². The van der Waals surface area contributed by atoms with E-state index < -0.39 is 0 Å². The number of rotatable bonds is 8. The van der Waals surface area contributed by atoms with Crippen molar-refractivity contribution in [2.75, 3.05) is 11.1 Å². The molecule has 26 heavy (non-hydrogen) atoms. The second-order valence-corrected chi connectivity index (χ2v) is 8.12. The number of allylic oxidation sites excluding steroid dienone is 1. The highest BCUT2D eigenvalue weighted by atomic mass is 32.2. The van der Waals surface area contributed by atoms with Crippen molar-refractivity contribution in [3.05, 3.63) is 53.6 Å². The minimum atomic E-state index is -0.310. The van der Waals surface area contributed by atoms with Crippen LogP contribution in [-0.4, -0.2) is 22.4 Å². The van der Waals surface area contributed by atoms with Gasteiger partial charge in [-0.2, -0.15) is 0 Å². The number of aliphatic imine (C=N–C) groups is 1. The summed E-state index contributed by atoms with van der Waals surface area (Å²) in [6.07, 6.45) is 4.85. The van der Waals surface area contributed by atoms with E-state index in [1.807, 2.05) is 13.1 Å². The summed E-state index contributed by atoms with van der Waals surface area (Å²) in [5, 5.41) is 3.35. The number of nitrogens with zero attached hydrogens (tertiary/aromatic N) is 2. The fourth-order valence-electron chi connectivity index (χ4n) is 1.86. The van der Waals surface area contributed by atoms with Crippen LogP contribution >= 0.6 is 23.1 Å². The lowest BCUT2D eigenvalue weighted by Gasteiger charge is -2.02. The summed E-state index contributed by atoms with van der Waals surface area (Å²) in [6.45, 7) is 6.17. The molecule has 1 amide bonds. The minimum absolute atomic E-state index is 0.166. The maximum Gasteiger partial charge on any atom is 0.230 e. The van der Waals surface area contributed by atoms with Gasteiger partial charge in [-0.3, -0.25) is 9.79 Å². The van der Waals surface area contributed by atoms with Crippen molar-refractivity contribution in [3.8, 4) is 0 Å². The molecule has 0 fully saturated rings. The highest BCUT2D eigenvalue weighted by Gasteiger charge is 2.08. The molecule has 0 spiro atoms. The van der Waals surface area contributed by atoms with Crippen LogP contribution in [0.5, 0.6) is 0 Å². The van der Waals surface area contributed by atoms with Crippen molar-refractivity contribution >= 4 is 39.8 Å². The van der Waals surface area contributed by atoms with Crippen LogP contribution in [0.4, 0.5) is 9.52 Å². The van der Waals surface area contributed by atoms with Crippen LogP contribution in [0.1, 0.15) is 32.8 Å². The van der Waals surface area contributed by atoms with Crippen molar-refractivity contribution in [1.29, 1.82) is 0 Å². The smallest absolute Gasteiger partial charge is 0.230 e. The molecule has 7 heteroatoms. The van der Waals surface area contributed by atoms with Crippen LogP contribution in [0.2, 0.25) is 0 Å². The third-order valence-electron chi connectivity index (χ3n) is 3.50. The van der Waals surface area contributed by atoms with Crippen LogP contribution in [0.15, 0.2) is 51.4 Å². The minimum Gasteiger partial charge on any atom is -0.302 e. The number of halogens is 1. The Hall–Kier alpha value is -1.99. The average molecular weight is 392 g/mol. The molecule has 0 aliphatic carbocycles. The Kier molecular flexibility index (Phi) is 8.00. The lowest BCUT2D eigenvalue weighted by atomic mass is 10.1. The third kappa shape index (κ3) is 7.09. The number of carbonyl (C=O) groups excluding carboxylic acids is 1. The van der Waals surface area contributed by atoms with E-state index in [2.05, 4.69) is 29.1 Å². The number of hydrogen-bond acceptors (Lipinski definition) is 5. The van der Waals surface area contributed by atoms with E-state index in [-0.39, 0.29) is 18.1 Å². The van der Waals surface area contributed by atoms with Crippen molar-refractivity contribution < 1.29 is 9.18 Å². The van der Waals surface area contributed by atoms with Crippen molar-refractivity contribution in [2.45, 2.75) is 37.8 Å². The van der Waals surface area contributed by atoms with Gasteiger partial charge >= 0.3 is 0 Å². The zero-order chi connectivity index (χ0) is 18.9. The second-order valence-electron chi connectivity index (χ2n) is 5.82. The molecule has 0 saturated heterocycles. The van der Waals surface area contributed by atoms with Crippen molar-refractivity contribution in [1.82, 2.24) is 4.98 Å². The first-order chi connectivity index (χ1) is 12.5. The van der Waals surface area contributed by atoms with Crippen LogP contribution in [0.25, 0.3) is 0 Å². The summed E-state index contributed by atoms with van der Waals surface area (Å²) in [4.78, 5) is 20.7. The van der Waals surface area contributed by atoms with Gasteiger partial charge in [-0.05, 0) is 38.0 Å². The fraction of sp³-hybridized carbons (Fsp3) is 0.316. The van der Waals surface area contributed by atoms with Gasteiger partial charge in [-0.25, -0.2) is 9.37 Å². The van der Waals surface area contributed by atoms with Crippen molar-refractivity contribution in [2.24, 2.45) is 4.99 Å². The Bertz CT molecular complexity index is 797. The molecule has 2 aromatic rings. The zero-order valence-electron chi connectivity index (χ0n) is 15.1. The highest BCUT2D eigenvalue weighted by Crippen LogP contribution is 2.28. The Labute approximate surface area is 161 Å². The standard InChI is InChI=1S/C19H22FN3OS2/c1-4-13(2)10-21-14(3)12-25-18-11-22-19(26-18)23-17(24)9-15-5-7-16(20)8-6-15/h5-8,10-11H,4,9,12H2,1-3H3,(H,22,23,24)/b13-10+,21-14?. The first-order valence-corrected chi connectivity index (χ1v) is 10.1. The number of benzene rings is 1. The molecule has 0 atom stereocenters. The number of hydrogen-bond donors (Lipinski definition) is 1. The number of thiazole rings is 1. The highest BCUT2D eigenvalue weighted by molar-refractivity contribution is 8.01. The van der Waals surface area contributed by atoms with Gasteiger partial charge in [0.25, 0.3) is 0 Å². The van der Waals surface area contributed by atoms with Gasteiger partial charge in [0.15, 0.2) is 5.13 Å². The number of amides is 1. The first kappa shape index (κ1) is 20.3. The summed E-state index contributed by atoms with van der Waals surface area (Å²) >= 11 is 3.08. The summed E-state index contributed by atoms with van der Waals surface area (Å²) in [7, 11) is 0. The van der Waals surface area contributed by atoms with E-state index in [1.165, 1.54) is 29.0 Å². The van der Waals surface area contributed by atoms with E-state index >= 15 is 0 Å². The number of nitrogens with one attached hydrogen (secondary N) is 1. The molecule has 0 radical (unpaired) electrons. The van der Waals surface area contributed by atoms with Gasteiger partial charge in [-0.1, -0.05) is 36.0 Å². The quantitative estimate of drug-likeness (QED) is 0.489. The molecule has 0 unspecified atom stereocenters. The lowest BCUT2D eigenvalue weighted by Crippen LogP contribution is -2.14. The number of aromatic nitrogens is 1. The van der Waals surface area contributed by atoms with Crippen LogP contribution < -0.4 is 5.32 Å². The molecule has 0 aliphatic heterocycles. The molecule has 0 aliphatic rings. The van der Waals surface area contributed by atoms with Crippen LogP contribution in [0, 0.1) is 5.82 Å². The zero-order valence-corrected chi connectivity index (χ0v) is 16.7. The SMILES string of the molecule is CC/C(C)=C/N=C(C)CSc1cnc(NC(=O)Cc2ccc(F)cc2)s1. The van der Waals surface area contributed by atoms with Gasteiger partial charge in [0.05, 0.1) is 16.8 Å². The summed E-state index contributed by atoms with van der Waals surface area (Å²) in [5.41, 5.74) is 3.05. The predicted molar refractivity (Wildman–Crippen MR) is 109 cm³/mol. The molecule has 4 nitrogen and oxygen atoms in total. The Morgan fingerprint density at radius 1 is 1.35 bits per heavy atom. The molecule has 1 heterocycles. The Morgan fingerprint density at radius 3 is 2.77 bits per heavy atom. The maximum absolute atomic E-state index is 12.9. The molecule has 2 rings (SSSR count). The molecule has 0 saturated carbocycles. The normalized spacial score (nSPS) is 12.3. The summed E-state index contributed by atoms with van der Waals surface area (Å²) in [6, 6.07) is 5.91. The number of anilines is 1. The monoisotopic (exact) mass is 391 g/mol. The van der Waals surface area contributed by atoms with Gasteiger partial charge < -0.3 is 5.32 Å². The maximum atomic E-state index is 12.9. The Balaban J connectivity index is 1.83. The predicted octanol–water partition coefficient (Wildman–Crippen LogP) is 5.33. The third-order valence-corrected chi connectivity index (χ3v) is 5.76. The van der Waals surface area contributed by atoms with Gasteiger partial charge in [-0.15, -0.1) is 11.8 Å². The largest absolute Gasteiger partial charge is 0.302 e. The van der Waals surface area contributed by atoms with E-state index in [0.717, 1.165) is 27.7 Å². The van der Waals surface area contributed by atoms with Crippen LogP contribution in [0.3, 0.4) is 0 Å². The van der Waals surface area contributed by atoms with Gasteiger partial charge in [0.1, 0.15) is 5.82 Å². The van der Waals surface area contributed by atoms with E-state index in [9.17, 15) is 9.18 Å². The lowest BCUT2D eigenvalue weighted by molar-refractivity contribution is -0.115. The number of thioether (sulfide) groups is 1. The van der Waals surface area contributed by atoms with Crippen molar-refractivity contribution in [3.63, 3.8) is 0 Å². The van der Waals surface area contributed by atoms with Crippen LogP contribution in [-0.2, 0) is 11.2 Å². The average Bonchev–Trinajstić information content (AvgIpc) is 3.07. The molecular formula is C19H22FN3OS2. The second kappa shape index (κ2) is 10.2. The Morgan fingerprint density at radius 2 is 2.08 bits per heavy atom. The topological polar surface area (TPSA) is 54.4 Å². The number of carbonyl (C=O) groups is 1. The molecule has 1 N–H and O–H groups in total. The molecular weight excluding hydrogens is 369 g/mol. The van der Waals surface area contributed by atoms with E-state index in [1.54, 1.807) is 30.1 Å².